The molecule has 5 nitrogen and oxygen atoms in total. The van der Waals surface area contributed by atoms with Crippen LogP contribution in [0.1, 0.15) is 31.7 Å². The minimum absolute atomic E-state index is 0.335. The average molecular weight is 383 g/mol. The molecule has 5 heteroatoms. The maximum atomic E-state index is 4.94. The van der Waals surface area contributed by atoms with Crippen molar-refractivity contribution in [3.63, 3.8) is 0 Å². The van der Waals surface area contributed by atoms with Crippen molar-refractivity contribution in [3.8, 4) is 0 Å². The highest BCUT2D eigenvalue weighted by Gasteiger charge is 2.33. The minimum Gasteiger partial charge on any atom is -0.366 e. The Labute approximate surface area is 171 Å². The maximum absolute atomic E-state index is 4.94. The number of para-hydroxylation sites is 1. The van der Waals surface area contributed by atoms with Gasteiger partial charge in [-0.15, -0.1) is 0 Å². The molecular formula is C24H25N5. The summed E-state index contributed by atoms with van der Waals surface area (Å²) in [7, 11) is 0. The summed E-state index contributed by atoms with van der Waals surface area (Å²) in [6.07, 6.45) is 9.61. The molecule has 1 atom stereocenters. The Hall–Kier alpha value is -3.21. The molecule has 3 heterocycles. The van der Waals surface area contributed by atoms with Crippen LogP contribution in [0.3, 0.4) is 0 Å². The number of nitrogens with one attached hydrogen (secondary N) is 2. The molecule has 1 saturated carbocycles. The molecular weight excluding hydrogens is 358 g/mol. The summed E-state index contributed by atoms with van der Waals surface area (Å²) in [5.41, 5.74) is 4.62. The molecule has 29 heavy (non-hydrogen) atoms. The van der Waals surface area contributed by atoms with E-state index >= 15 is 0 Å². The standard InChI is InChI=1S/C24H25N5/c1-2-20-19(17-9-10-17)12-24(27-20)29-22-13-23(26-15-16-6-5-11-25-14-16)28-21-8-4-3-7-18(21)22/h3-8,11-14,17,20H,2,9-10,15H2,1H3,(H2,26,27,28,29). The molecule has 0 saturated heterocycles. The van der Waals surface area contributed by atoms with E-state index in [1.807, 2.05) is 24.4 Å². The summed E-state index contributed by atoms with van der Waals surface area (Å²) in [6.45, 7) is 2.90. The molecule has 1 aromatic carbocycles. The first-order chi connectivity index (χ1) is 14.3. The van der Waals surface area contributed by atoms with Crippen molar-refractivity contribution in [2.45, 2.75) is 38.8 Å². The first-order valence-corrected chi connectivity index (χ1v) is 10.4. The molecule has 5 rings (SSSR count). The Kier molecular flexibility index (Phi) is 4.72. The molecule has 0 amide bonds. The van der Waals surface area contributed by atoms with Gasteiger partial charge in [0.25, 0.3) is 0 Å². The molecule has 0 spiro atoms. The van der Waals surface area contributed by atoms with Crippen molar-refractivity contribution in [1.82, 2.24) is 9.97 Å². The van der Waals surface area contributed by atoms with Crippen LogP contribution in [-0.2, 0) is 6.54 Å². The van der Waals surface area contributed by atoms with E-state index in [1.165, 1.54) is 18.4 Å². The van der Waals surface area contributed by atoms with E-state index in [2.05, 4.69) is 52.9 Å². The second kappa shape index (κ2) is 7.66. The van der Waals surface area contributed by atoms with Crippen LogP contribution in [0.5, 0.6) is 0 Å². The highest BCUT2D eigenvalue weighted by molar-refractivity contribution is 6.10. The third-order valence-corrected chi connectivity index (χ3v) is 5.59. The second-order valence-corrected chi connectivity index (χ2v) is 7.77. The van der Waals surface area contributed by atoms with Crippen LogP contribution in [0.2, 0.25) is 0 Å². The summed E-state index contributed by atoms with van der Waals surface area (Å²) in [5.74, 6) is 2.55. The first-order valence-electron chi connectivity index (χ1n) is 10.4. The van der Waals surface area contributed by atoms with Crippen molar-refractivity contribution in [2.24, 2.45) is 10.9 Å². The minimum atomic E-state index is 0.335. The zero-order valence-corrected chi connectivity index (χ0v) is 16.6. The van der Waals surface area contributed by atoms with Crippen LogP contribution < -0.4 is 10.6 Å². The molecule has 1 unspecified atom stereocenters. The number of pyridine rings is 2. The van der Waals surface area contributed by atoms with Crippen molar-refractivity contribution in [1.29, 1.82) is 0 Å². The number of anilines is 2. The Bertz CT molecular complexity index is 1080. The molecule has 2 N–H and O–H groups in total. The van der Waals surface area contributed by atoms with Gasteiger partial charge in [-0.1, -0.05) is 31.2 Å². The molecule has 2 aliphatic rings. The van der Waals surface area contributed by atoms with Crippen molar-refractivity contribution >= 4 is 28.2 Å². The highest BCUT2D eigenvalue weighted by atomic mass is 15.0. The van der Waals surface area contributed by atoms with Gasteiger partial charge in [0.2, 0.25) is 0 Å². The fourth-order valence-electron chi connectivity index (χ4n) is 3.94. The lowest BCUT2D eigenvalue weighted by Gasteiger charge is -2.12. The summed E-state index contributed by atoms with van der Waals surface area (Å²) in [4.78, 5) is 13.9. The lowest BCUT2D eigenvalue weighted by molar-refractivity contribution is 0.709. The van der Waals surface area contributed by atoms with Gasteiger partial charge in [0.15, 0.2) is 0 Å². The van der Waals surface area contributed by atoms with Gasteiger partial charge in [-0.2, -0.15) is 0 Å². The molecule has 1 aliphatic carbocycles. The largest absolute Gasteiger partial charge is 0.366 e. The summed E-state index contributed by atoms with van der Waals surface area (Å²) >= 11 is 0. The maximum Gasteiger partial charge on any atom is 0.129 e. The number of aromatic nitrogens is 2. The van der Waals surface area contributed by atoms with Crippen LogP contribution in [0, 0.1) is 5.92 Å². The van der Waals surface area contributed by atoms with Gasteiger partial charge in [0.05, 0.1) is 17.2 Å². The van der Waals surface area contributed by atoms with Gasteiger partial charge in [0, 0.05) is 30.4 Å². The Morgan fingerprint density at radius 2 is 2.00 bits per heavy atom. The van der Waals surface area contributed by atoms with Crippen molar-refractivity contribution in [2.75, 3.05) is 10.6 Å². The fraction of sp³-hybridized carbons (Fsp3) is 0.292. The predicted molar refractivity (Wildman–Crippen MR) is 119 cm³/mol. The molecule has 1 aliphatic heterocycles. The number of amidine groups is 1. The number of hydrogen-bond acceptors (Lipinski definition) is 5. The van der Waals surface area contributed by atoms with E-state index < -0.39 is 0 Å². The topological polar surface area (TPSA) is 62.2 Å². The molecule has 2 aromatic heterocycles. The van der Waals surface area contributed by atoms with Crippen LogP contribution in [0.4, 0.5) is 11.5 Å². The summed E-state index contributed by atoms with van der Waals surface area (Å²) in [5, 5.41) is 8.11. The van der Waals surface area contributed by atoms with Gasteiger partial charge in [-0.25, -0.2) is 4.98 Å². The molecule has 1 fully saturated rings. The van der Waals surface area contributed by atoms with E-state index in [9.17, 15) is 0 Å². The van der Waals surface area contributed by atoms with Crippen LogP contribution in [0.25, 0.3) is 10.9 Å². The zero-order valence-electron chi connectivity index (χ0n) is 16.6. The Balaban J connectivity index is 1.43. The van der Waals surface area contributed by atoms with E-state index in [0.717, 1.165) is 46.1 Å². The van der Waals surface area contributed by atoms with Crippen molar-refractivity contribution < 1.29 is 0 Å². The molecule has 0 radical (unpaired) electrons. The van der Waals surface area contributed by atoms with E-state index in [-0.39, 0.29) is 0 Å². The third-order valence-electron chi connectivity index (χ3n) is 5.59. The van der Waals surface area contributed by atoms with Gasteiger partial charge in [0.1, 0.15) is 11.7 Å². The number of benzene rings is 1. The van der Waals surface area contributed by atoms with E-state index in [0.29, 0.717) is 12.6 Å². The second-order valence-electron chi connectivity index (χ2n) is 7.77. The number of aliphatic imine (C=N–C) groups is 1. The van der Waals surface area contributed by atoms with Crippen LogP contribution in [0.15, 0.2) is 71.5 Å². The smallest absolute Gasteiger partial charge is 0.129 e. The quantitative estimate of drug-likeness (QED) is 0.616. The monoisotopic (exact) mass is 383 g/mol. The average Bonchev–Trinajstić information content (AvgIpc) is 3.53. The normalized spacial score (nSPS) is 18.4. The number of hydrogen-bond donors (Lipinski definition) is 2. The predicted octanol–water partition coefficient (Wildman–Crippen LogP) is 5.18. The van der Waals surface area contributed by atoms with E-state index in [1.54, 1.807) is 6.20 Å². The van der Waals surface area contributed by atoms with Crippen LogP contribution >= 0.6 is 0 Å². The number of fused-ring (bicyclic) bond motifs is 1. The molecule has 0 bridgehead atoms. The Morgan fingerprint density at radius 3 is 2.79 bits per heavy atom. The lowest BCUT2D eigenvalue weighted by atomic mass is 10.0. The van der Waals surface area contributed by atoms with Gasteiger partial charge >= 0.3 is 0 Å². The first kappa shape index (κ1) is 17.9. The lowest BCUT2D eigenvalue weighted by Crippen LogP contribution is -2.10. The fourth-order valence-corrected chi connectivity index (χ4v) is 3.94. The highest BCUT2D eigenvalue weighted by Crippen LogP contribution is 2.41. The molecule has 146 valence electrons. The van der Waals surface area contributed by atoms with Crippen LogP contribution in [-0.4, -0.2) is 21.8 Å². The van der Waals surface area contributed by atoms with Gasteiger partial charge < -0.3 is 10.6 Å². The third kappa shape index (κ3) is 3.86. The van der Waals surface area contributed by atoms with E-state index in [4.69, 9.17) is 9.98 Å². The van der Waals surface area contributed by atoms with Gasteiger partial charge in [-0.05, 0) is 54.5 Å². The van der Waals surface area contributed by atoms with Gasteiger partial charge in [-0.3, -0.25) is 9.98 Å². The van der Waals surface area contributed by atoms with Crippen molar-refractivity contribution in [3.05, 3.63) is 72.1 Å². The summed E-state index contributed by atoms with van der Waals surface area (Å²) in [6, 6.07) is 14.6. The summed E-state index contributed by atoms with van der Waals surface area (Å²) < 4.78 is 0. The SMILES string of the molecule is CCC1N=C(Nc2cc(NCc3cccnc3)nc3ccccc23)C=C1C1CC1. The zero-order chi connectivity index (χ0) is 19.6. The Morgan fingerprint density at radius 1 is 1.10 bits per heavy atom. The molecule has 3 aromatic rings. The number of nitrogens with zero attached hydrogens (tertiary/aromatic N) is 3. The number of rotatable bonds is 6.